The van der Waals surface area contributed by atoms with Crippen molar-refractivity contribution in [3.05, 3.63) is 70.2 Å². The van der Waals surface area contributed by atoms with Gasteiger partial charge in [-0.05, 0) is 92.5 Å². The molecule has 4 aliphatic rings. The topological polar surface area (TPSA) is 105 Å². The predicted molar refractivity (Wildman–Crippen MR) is 179 cm³/mol. The number of nitrogens with one attached hydrogen (secondary N) is 1. The van der Waals surface area contributed by atoms with Crippen molar-refractivity contribution >= 4 is 29.5 Å². The molecule has 2 aliphatic heterocycles. The summed E-state index contributed by atoms with van der Waals surface area (Å²) in [6.07, 6.45) is 9.25. The lowest BCUT2D eigenvalue weighted by atomic mass is 9.63. The predicted octanol–water partition coefficient (Wildman–Crippen LogP) is 6.05. The largest absolute Gasteiger partial charge is 0.447 e. The van der Waals surface area contributed by atoms with Crippen molar-refractivity contribution < 1.29 is 19.1 Å². The van der Waals surface area contributed by atoms with E-state index in [1.807, 2.05) is 52.3 Å². The van der Waals surface area contributed by atoms with Crippen LogP contribution in [-0.2, 0) is 27.2 Å². The van der Waals surface area contributed by atoms with E-state index in [1.54, 1.807) is 0 Å². The van der Waals surface area contributed by atoms with Gasteiger partial charge < -0.3 is 20.7 Å². The smallest absolute Gasteiger partial charge is 0.410 e. The molecule has 3 atom stereocenters. The zero-order valence-electron chi connectivity index (χ0n) is 27.3. The number of rotatable bonds is 8. The summed E-state index contributed by atoms with van der Waals surface area (Å²) in [6, 6.07) is 14.4. The van der Waals surface area contributed by atoms with Crippen LogP contribution < -0.4 is 11.1 Å². The lowest BCUT2D eigenvalue weighted by Gasteiger charge is -2.51. The fourth-order valence-corrected chi connectivity index (χ4v) is 8.59. The number of hydrogen-bond acceptors (Lipinski definition) is 5. The Morgan fingerprint density at radius 3 is 2.39 bits per heavy atom. The number of amides is 3. The highest BCUT2D eigenvalue weighted by atomic mass is 35.5. The van der Waals surface area contributed by atoms with Gasteiger partial charge in [-0.1, -0.05) is 67.3 Å². The summed E-state index contributed by atoms with van der Waals surface area (Å²) in [7, 11) is 0. The Bertz CT molecular complexity index is 1410. The number of aryl methyl sites for hydroxylation is 1. The SMILES string of the molecule is CC1(C)COC(=O)N1CC1(C2CCCCC2)CCN(C(=O)[C@@H](Cc2ccc(Cl)cc2)NC(=O)C2CCc3ccccc3[C@H]2N)CC1. The Kier molecular flexibility index (Phi) is 9.68. The Balaban J connectivity index is 1.19. The molecule has 9 heteroatoms. The van der Waals surface area contributed by atoms with Crippen molar-refractivity contribution in [1.82, 2.24) is 15.1 Å². The normalized spacial score (nSPS) is 25.0. The van der Waals surface area contributed by atoms with Crippen LogP contribution in [0.1, 0.15) is 87.9 Å². The molecule has 2 saturated heterocycles. The molecule has 0 bridgehead atoms. The van der Waals surface area contributed by atoms with Gasteiger partial charge in [0.25, 0.3) is 0 Å². The summed E-state index contributed by atoms with van der Waals surface area (Å²) in [5, 5.41) is 3.78. The van der Waals surface area contributed by atoms with Gasteiger partial charge in [0.2, 0.25) is 11.8 Å². The number of halogens is 1. The number of carbonyl (C=O) groups excluding carboxylic acids is 3. The zero-order chi connectivity index (χ0) is 32.5. The van der Waals surface area contributed by atoms with Gasteiger partial charge in [0.15, 0.2) is 0 Å². The number of carbonyl (C=O) groups is 3. The van der Waals surface area contributed by atoms with Crippen LogP contribution in [-0.4, -0.2) is 65.5 Å². The van der Waals surface area contributed by atoms with E-state index in [4.69, 9.17) is 22.1 Å². The van der Waals surface area contributed by atoms with E-state index in [9.17, 15) is 14.4 Å². The molecule has 3 amide bonds. The van der Waals surface area contributed by atoms with Crippen LogP contribution in [0.15, 0.2) is 48.5 Å². The minimum atomic E-state index is -0.715. The Labute approximate surface area is 278 Å². The zero-order valence-corrected chi connectivity index (χ0v) is 28.1. The fourth-order valence-electron chi connectivity index (χ4n) is 8.46. The third-order valence-corrected chi connectivity index (χ3v) is 11.6. The molecular weight excluding hydrogens is 600 g/mol. The second kappa shape index (κ2) is 13.6. The molecule has 46 heavy (non-hydrogen) atoms. The Hall–Kier alpha value is -3.10. The first kappa shape index (κ1) is 32.8. The Morgan fingerprint density at radius 2 is 1.72 bits per heavy atom. The van der Waals surface area contributed by atoms with Gasteiger partial charge in [-0.15, -0.1) is 0 Å². The third-order valence-electron chi connectivity index (χ3n) is 11.4. The molecule has 2 aromatic rings. The molecule has 3 N–H and O–H groups in total. The maximum Gasteiger partial charge on any atom is 0.410 e. The molecule has 0 aromatic heterocycles. The third kappa shape index (κ3) is 6.79. The number of nitrogens with zero attached hydrogens (tertiary/aromatic N) is 2. The number of piperidine rings is 1. The van der Waals surface area contributed by atoms with Crippen molar-refractivity contribution in [3.63, 3.8) is 0 Å². The number of hydrogen-bond donors (Lipinski definition) is 2. The lowest BCUT2D eigenvalue weighted by Crippen LogP contribution is -2.58. The van der Waals surface area contributed by atoms with Gasteiger partial charge in [-0.25, -0.2) is 4.79 Å². The fraction of sp³-hybridized carbons (Fsp3) is 0.595. The molecule has 2 aromatic carbocycles. The number of nitrogens with two attached hydrogens (primary N) is 1. The first-order chi connectivity index (χ1) is 22.1. The first-order valence-electron chi connectivity index (χ1n) is 17.2. The van der Waals surface area contributed by atoms with Gasteiger partial charge in [0, 0.05) is 37.1 Å². The molecule has 6 rings (SSSR count). The van der Waals surface area contributed by atoms with Gasteiger partial charge in [0.05, 0.1) is 11.5 Å². The van der Waals surface area contributed by atoms with Crippen molar-refractivity contribution in [1.29, 1.82) is 0 Å². The summed E-state index contributed by atoms with van der Waals surface area (Å²) in [4.78, 5) is 44.9. The number of fused-ring (bicyclic) bond motifs is 1. The summed E-state index contributed by atoms with van der Waals surface area (Å²) in [5.41, 5.74) is 9.37. The standard InChI is InChI=1S/C37H49ClN4O4/c1-36(2)24-46-35(45)42(36)23-37(27-9-4-3-5-10-27)18-20-41(21-19-37)34(44)31(22-25-12-15-28(38)16-13-25)40-33(43)30-17-14-26-8-6-7-11-29(26)32(30)39/h6-8,11-13,15-16,27,30-32H,3-5,9-10,14,17-24,39H2,1-2H3,(H,40,43)/t30?,31-,32-/m1/s1. The second-order valence-corrected chi connectivity index (χ2v) is 15.2. The highest BCUT2D eigenvalue weighted by Crippen LogP contribution is 2.48. The quantitative estimate of drug-likeness (QED) is 0.363. The Morgan fingerprint density at radius 1 is 1.02 bits per heavy atom. The van der Waals surface area contributed by atoms with Crippen LogP contribution in [0.2, 0.25) is 5.02 Å². The van der Waals surface area contributed by atoms with E-state index in [1.165, 1.54) is 24.8 Å². The van der Waals surface area contributed by atoms with E-state index < -0.39 is 18.0 Å². The van der Waals surface area contributed by atoms with Gasteiger partial charge in [-0.2, -0.15) is 0 Å². The second-order valence-electron chi connectivity index (χ2n) is 14.7. The van der Waals surface area contributed by atoms with Crippen LogP contribution >= 0.6 is 11.6 Å². The summed E-state index contributed by atoms with van der Waals surface area (Å²) >= 11 is 6.16. The highest BCUT2D eigenvalue weighted by molar-refractivity contribution is 6.30. The maximum absolute atomic E-state index is 14.3. The number of ether oxygens (including phenoxy) is 1. The summed E-state index contributed by atoms with van der Waals surface area (Å²) < 4.78 is 5.49. The molecular formula is C37H49ClN4O4. The van der Waals surface area contributed by atoms with Crippen LogP contribution in [0.4, 0.5) is 4.79 Å². The number of cyclic esters (lactones) is 1. The van der Waals surface area contributed by atoms with Crippen LogP contribution in [0.3, 0.4) is 0 Å². The molecule has 3 fully saturated rings. The van der Waals surface area contributed by atoms with E-state index in [-0.39, 0.29) is 28.9 Å². The van der Waals surface area contributed by atoms with Crippen LogP contribution in [0, 0.1) is 17.3 Å². The van der Waals surface area contributed by atoms with Gasteiger partial charge >= 0.3 is 6.09 Å². The number of benzene rings is 2. The van der Waals surface area contributed by atoms with Gasteiger partial charge in [0.1, 0.15) is 12.6 Å². The van der Waals surface area contributed by atoms with Crippen LogP contribution in [0.5, 0.6) is 0 Å². The molecule has 0 spiro atoms. The van der Waals surface area contributed by atoms with Crippen molar-refractivity contribution in [2.75, 3.05) is 26.2 Å². The van der Waals surface area contributed by atoms with Gasteiger partial charge in [-0.3, -0.25) is 14.5 Å². The first-order valence-corrected chi connectivity index (χ1v) is 17.6. The molecule has 1 unspecified atom stereocenters. The molecule has 2 heterocycles. The summed E-state index contributed by atoms with van der Waals surface area (Å²) in [6.45, 7) is 6.42. The van der Waals surface area contributed by atoms with E-state index in [0.717, 1.165) is 43.2 Å². The van der Waals surface area contributed by atoms with E-state index >= 15 is 0 Å². The van der Waals surface area contributed by atoms with Crippen molar-refractivity contribution in [2.45, 2.75) is 95.7 Å². The number of likely N-dealkylation sites (tertiary alicyclic amines) is 1. The summed E-state index contributed by atoms with van der Waals surface area (Å²) in [5.74, 6) is -0.119. The molecule has 248 valence electrons. The molecule has 8 nitrogen and oxygen atoms in total. The molecule has 0 radical (unpaired) electrons. The maximum atomic E-state index is 14.3. The van der Waals surface area contributed by atoms with Crippen molar-refractivity contribution in [2.24, 2.45) is 23.0 Å². The highest BCUT2D eigenvalue weighted by Gasteiger charge is 2.49. The minimum Gasteiger partial charge on any atom is -0.447 e. The average Bonchev–Trinajstić information content (AvgIpc) is 3.32. The van der Waals surface area contributed by atoms with E-state index in [0.29, 0.717) is 50.0 Å². The van der Waals surface area contributed by atoms with Crippen molar-refractivity contribution in [3.8, 4) is 0 Å². The average molecular weight is 649 g/mol. The van der Waals surface area contributed by atoms with E-state index in [2.05, 4.69) is 25.2 Å². The molecule has 1 saturated carbocycles. The molecule has 2 aliphatic carbocycles. The van der Waals surface area contributed by atoms with Crippen LogP contribution in [0.25, 0.3) is 0 Å². The minimum absolute atomic E-state index is 0.0605. The lowest BCUT2D eigenvalue weighted by molar-refractivity contribution is -0.140. The monoisotopic (exact) mass is 648 g/mol.